The van der Waals surface area contributed by atoms with Crippen LogP contribution >= 0.6 is 0 Å². The summed E-state index contributed by atoms with van der Waals surface area (Å²) in [6, 6.07) is 11.4. The van der Waals surface area contributed by atoms with E-state index in [0.29, 0.717) is 30.9 Å². The summed E-state index contributed by atoms with van der Waals surface area (Å²) in [5.41, 5.74) is 1.54. The van der Waals surface area contributed by atoms with E-state index in [2.05, 4.69) is 5.32 Å². The average molecular weight is 418 g/mol. The highest BCUT2D eigenvalue weighted by atomic mass is 32.2. The Balaban J connectivity index is 1.56. The van der Waals surface area contributed by atoms with E-state index in [1.165, 1.54) is 10.4 Å². The summed E-state index contributed by atoms with van der Waals surface area (Å²) in [7, 11) is -3.67. The van der Waals surface area contributed by atoms with Crippen LogP contribution in [0.15, 0.2) is 47.4 Å². The van der Waals surface area contributed by atoms with Gasteiger partial charge in [0.05, 0.1) is 10.6 Å². The van der Waals surface area contributed by atoms with Gasteiger partial charge in [-0.3, -0.25) is 4.79 Å². The lowest BCUT2D eigenvalue weighted by Gasteiger charge is -2.36. The van der Waals surface area contributed by atoms with Crippen LogP contribution in [0.4, 0.5) is 15.8 Å². The number of piperazine rings is 1. The maximum atomic E-state index is 14.0. The summed E-state index contributed by atoms with van der Waals surface area (Å²) < 4.78 is 41.9. The SMILES string of the molecule is CC1(C)CC(=O)Nc2ccc(S(=O)(=O)N3CCN(c4ccccc4F)CC3)cc21. The van der Waals surface area contributed by atoms with Gasteiger partial charge in [-0.25, -0.2) is 12.8 Å². The summed E-state index contributed by atoms with van der Waals surface area (Å²) in [4.78, 5) is 14.0. The Kier molecular flexibility index (Phi) is 4.86. The highest BCUT2D eigenvalue weighted by Gasteiger charge is 2.35. The van der Waals surface area contributed by atoms with Gasteiger partial charge in [0.15, 0.2) is 0 Å². The van der Waals surface area contributed by atoms with Crippen molar-refractivity contribution in [2.75, 3.05) is 36.4 Å². The summed E-state index contributed by atoms with van der Waals surface area (Å²) in [5, 5.41) is 2.81. The first-order valence-electron chi connectivity index (χ1n) is 9.62. The van der Waals surface area contributed by atoms with E-state index in [1.54, 1.807) is 36.4 Å². The molecule has 0 aliphatic carbocycles. The summed E-state index contributed by atoms with van der Waals surface area (Å²) in [6.07, 6.45) is 0.310. The first-order chi connectivity index (χ1) is 13.7. The van der Waals surface area contributed by atoms with Crippen molar-refractivity contribution in [1.29, 1.82) is 0 Å². The van der Waals surface area contributed by atoms with Crippen LogP contribution in [0.2, 0.25) is 0 Å². The van der Waals surface area contributed by atoms with Crippen LogP contribution in [0, 0.1) is 5.82 Å². The Morgan fingerprint density at radius 1 is 1.03 bits per heavy atom. The molecule has 2 aromatic rings. The molecule has 4 rings (SSSR count). The van der Waals surface area contributed by atoms with Gasteiger partial charge in [-0.2, -0.15) is 4.31 Å². The average Bonchev–Trinajstić information content (AvgIpc) is 2.67. The van der Waals surface area contributed by atoms with Gasteiger partial charge in [0.1, 0.15) is 5.82 Å². The molecule has 1 N–H and O–H groups in total. The molecule has 2 heterocycles. The monoisotopic (exact) mass is 417 g/mol. The molecule has 2 aromatic carbocycles. The number of hydrogen-bond donors (Lipinski definition) is 1. The Morgan fingerprint density at radius 2 is 1.72 bits per heavy atom. The van der Waals surface area contributed by atoms with E-state index in [4.69, 9.17) is 0 Å². The number of carbonyl (C=O) groups is 1. The summed E-state index contributed by atoms with van der Waals surface area (Å²) in [6.45, 7) is 5.30. The first-order valence-corrected chi connectivity index (χ1v) is 11.1. The smallest absolute Gasteiger partial charge is 0.243 e. The minimum absolute atomic E-state index is 0.0672. The predicted molar refractivity (Wildman–Crippen MR) is 110 cm³/mol. The van der Waals surface area contributed by atoms with Crippen molar-refractivity contribution >= 4 is 27.3 Å². The molecule has 1 fully saturated rings. The molecule has 1 saturated heterocycles. The number of benzene rings is 2. The number of nitrogens with one attached hydrogen (secondary N) is 1. The molecule has 0 saturated carbocycles. The van der Waals surface area contributed by atoms with Crippen molar-refractivity contribution in [3.05, 3.63) is 53.8 Å². The minimum atomic E-state index is -3.67. The fourth-order valence-electron chi connectivity index (χ4n) is 4.07. The number of carbonyl (C=O) groups excluding carboxylic acids is 1. The highest BCUT2D eigenvalue weighted by Crippen LogP contribution is 2.38. The fourth-order valence-corrected chi connectivity index (χ4v) is 5.52. The van der Waals surface area contributed by atoms with Crippen molar-refractivity contribution in [2.24, 2.45) is 0 Å². The fraction of sp³-hybridized carbons (Fsp3) is 0.381. The number of halogens is 1. The van der Waals surface area contributed by atoms with Crippen LogP contribution in [-0.4, -0.2) is 44.8 Å². The van der Waals surface area contributed by atoms with Crippen LogP contribution in [0.1, 0.15) is 25.8 Å². The largest absolute Gasteiger partial charge is 0.367 e. The third-order valence-corrected chi connectivity index (χ3v) is 7.56. The predicted octanol–water partition coefficient (Wildman–Crippen LogP) is 2.96. The highest BCUT2D eigenvalue weighted by molar-refractivity contribution is 7.89. The maximum absolute atomic E-state index is 14.0. The van der Waals surface area contributed by atoms with Crippen molar-refractivity contribution in [2.45, 2.75) is 30.6 Å². The standard InChI is InChI=1S/C21H24FN3O3S/c1-21(2)14-20(26)23-18-8-7-15(13-16(18)21)29(27,28)25-11-9-24(10-12-25)19-6-4-3-5-17(19)22/h3-8,13H,9-12,14H2,1-2H3,(H,23,26). The Labute approximate surface area is 170 Å². The number of rotatable bonds is 3. The number of para-hydroxylation sites is 1. The van der Waals surface area contributed by atoms with Crippen molar-refractivity contribution in [1.82, 2.24) is 4.31 Å². The van der Waals surface area contributed by atoms with Crippen molar-refractivity contribution in [3.63, 3.8) is 0 Å². The lowest BCUT2D eigenvalue weighted by Crippen LogP contribution is -2.49. The quantitative estimate of drug-likeness (QED) is 0.834. The van der Waals surface area contributed by atoms with Gasteiger partial charge < -0.3 is 10.2 Å². The second-order valence-electron chi connectivity index (χ2n) is 8.16. The Hall–Kier alpha value is -2.45. The molecule has 0 spiro atoms. The third-order valence-electron chi connectivity index (χ3n) is 5.67. The molecule has 2 aliphatic rings. The summed E-state index contributed by atoms with van der Waals surface area (Å²) >= 11 is 0. The molecule has 1 amide bonds. The van der Waals surface area contributed by atoms with E-state index < -0.39 is 15.4 Å². The van der Waals surface area contributed by atoms with Gasteiger partial charge in [-0.05, 0) is 35.9 Å². The molecular formula is C21H24FN3O3S. The molecule has 29 heavy (non-hydrogen) atoms. The molecule has 0 unspecified atom stereocenters. The minimum Gasteiger partial charge on any atom is -0.367 e. The van der Waals surface area contributed by atoms with Crippen LogP contribution in [-0.2, 0) is 20.2 Å². The van der Waals surface area contributed by atoms with Crippen molar-refractivity contribution in [3.8, 4) is 0 Å². The van der Waals surface area contributed by atoms with Crippen LogP contribution < -0.4 is 10.2 Å². The molecule has 0 radical (unpaired) electrons. The molecular weight excluding hydrogens is 393 g/mol. The van der Waals surface area contributed by atoms with Crippen LogP contribution in [0.5, 0.6) is 0 Å². The number of anilines is 2. The molecule has 0 atom stereocenters. The molecule has 0 bridgehead atoms. The zero-order valence-electron chi connectivity index (χ0n) is 16.5. The van der Waals surface area contributed by atoms with Gasteiger partial charge in [0, 0.05) is 43.7 Å². The second-order valence-corrected chi connectivity index (χ2v) is 10.1. The first kappa shape index (κ1) is 19.8. The van der Waals surface area contributed by atoms with Crippen molar-refractivity contribution < 1.29 is 17.6 Å². The van der Waals surface area contributed by atoms with Gasteiger partial charge in [0.25, 0.3) is 0 Å². The zero-order valence-corrected chi connectivity index (χ0v) is 17.3. The molecule has 6 nitrogen and oxygen atoms in total. The van der Waals surface area contributed by atoms with E-state index in [0.717, 1.165) is 5.56 Å². The molecule has 154 valence electrons. The molecule has 0 aromatic heterocycles. The number of amides is 1. The normalized spacial score (nSPS) is 19.6. The lowest BCUT2D eigenvalue weighted by atomic mass is 9.78. The van der Waals surface area contributed by atoms with E-state index in [1.807, 2.05) is 18.7 Å². The molecule has 8 heteroatoms. The lowest BCUT2D eigenvalue weighted by molar-refractivity contribution is -0.117. The van der Waals surface area contributed by atoms with E-state index in [9.17, 15) is 17.6 Å². The zero-order chi connectivity index (χ0) is 20.8. The third kappa shape index (κ3) is 3.62. The summed E-state index contributed by atoms with van der Waals surface area (Å²) in [5.74, 6) is -0.370. The Bertz CT molecular complexity index is 1060. The van der Waals surface area contributed by atoms with Gasteiger partial charge in [-0.1, -0.05) is 26.0 Å². The maximum Gasteiger partial charge on any atom is 0.243 e. The molecule has 2 aliphatic heterocycles. The van der Waals surface area contributed by atoms with E-state index >= 15 is 0 Å². The van der Waals surface area contributed by atoms with Crippen LogP contribution in [0.3, 0.4) is 0 Å². The van der Waals surface area contributed by atoms with E-state index in [-0.39, 0.29) is 29.7 Å². The second kappa shape index (κ2) is 7.11. The Morgan fingerprint density at radius 3 is 2.41 bits per heavy atom. The van der Waals surface area contributed by atoms with Crippen LogP contribution in [0.25, 0.3) is 0 Å². The number of sulfonamides is 1. The van der Waals surface area contributed by atoms with Gasteiger partial charge in [-0.15, -0.1) is 0 Å². The van der Waals surface area contributed by atoms with Gasteiger partial charge in [0.2, 0.25) is 15.9 Å². The topological polar surface area (TPSA) is 69.7 Å². The van der Waals surface area contributed by atoms with Gasteiger partial charge >= 0.3 is 0 Å². The number of hydrogen-bond acceptors (Lipinski definition) is 4. The number of fused-ring (bicyclic) bond motifs is 1. The number of nitrogens with zero attached hydrogens (tertiary/aromatic N) is 2.